The first kappa shape index (κ1) is 17.7. The van der Waals surface area contributed by atoms with Crippen LogP contribution in [0.2, 0.25) is 0 Å². The number of halogens is 1. The Morgan fingerprint density at radius 2 is 1.97 bits per heavy atom. The number of nitrogens with one attached hydrogen (secondary N) is 1. The van der Waals surface area contributed by atoms with Gasteiger partial charge < -0.3 is 10.2 Å². The molecule has 0 radical (unpaired) electrons. The standard InChI is InChI=1S/C21H19FN6O/c1-12-2-3-15(8-16(12)20-25-9-14(22)10-26-20)27-21(29)18-7-13-6-17(13)28(18)19-11-23-4-5-24-19/h2-5,8-11,13,17-18H,6-7H2,1H3,(H,27,29)/t13-,17-,18-/m1/s1. The Bertz CT molecular complexity index is 1060. The Labute approximate surface area is 167 Å². The molecule has 1 aliphatic heterocycles. The molecular weight excluding hydrogens is 371 g/mol. The zero-order valence-corrected chi connectivity index (χ0v) is 15.8. The topological polar surface area (TPSA) is 83.9 Å². The molecule has 1 aliphatic carbocycles. The molecule has 8 heteroatoms. The molecule has 29 heavy (non-hydrogen) atoms. The lowest BCUT2D eigenvalue weighted by molar-refractivity contribution is -0.117. The molecular formula is C21H19FN6O. The first-order valence-electron chi connectivity index (χ1n) is 9.54. The zero-order chi connectivity index (χ0) is 20.0. The molecule has 0 spiro atoms. The van der Waals surface area contributed by atoms with Gasteiger partial charge in [-0.15, -0.1) is 0 Å². The number of rotatable bonds is 4. The van der Waals surface area contributed by atoms with Crippen molar-refractivity contribution >= 4 is 17.4 Å². The van der Waals surface area contributed by atoms with E-state index in [0.29, 0.717) is 23.5 Å². The SMILES string of the molecule is Cc1ccc(NC(=O)[C@H]2C[C@H]3C[C@H]3N2c2cnccn2)cc1-c1ncc(F)cn1. The van der Waals surface area contributed by atoms with Crippen LogP contribution in [-0.2, 0) is 4.79 Å². The molecule has 3 heterocycles. The molecule has 3 atom stereocenters. The highest BCUT2D eigenvalue weighted by molar-refractivity contribution is 5.98. The molecule has 146 valence electrons. The van der Waals surface area contributed by atoms with Crippen molar-refractivity contribution in [2.75, 3.05) is 10.2 Å². The van der Waals surface area contributed by atoms with E-state index in [1.807, 2.05) is 25.1 Å². The number of aryl methyl sites for hydroxylation is 1. The fourth-order valence-electron chi connectivity index (χ4n) is 4.06. The third-order valence-electron chi connectivity index (χ3n) is 5.59. The van der Waals surface area contributed by atoms with E-state index in [1.165, 1.54) is 0 Å². The molecule has 2 fully saturated rings. The number of amides is 1. The van der Waals surface area contributed by atoms with Gasteiger partial charge in [-0.25, -0.2) is 19.3 Å². The van der Waals surface area contributed by atoms with E-state index in [0.717, 1.165) is 42.2 Å². The monoisotopic (exact) mass is 390 g/mol. The molecule has 0 bridgehead atoms. The van der Waals surface area contributed by atoms with Crippen LogP contribution in [0.15, 0.2) is 49.2 Å². The van der Waals surface area contributed by atoms with E-state index in [9.17, 15) is 9.18 Å². The quantitative estimate of drug-likeness (QED) is 0.737. The van der Waals surface area contributed by atoms with Gasteiger partial charge in [-0.2, -0.15) is 0 Å². The fraction of sp³-hybridized carbons (Fsp3) is 0.286. The highest BCUT2D eigenvalue weighted by Crippen LogP contribution is 2.49. The van der Waals surface area contributed by atoms with Crippen LogP contribution in [0.5, 0.6) is 0 Å². The van der Waals surface area contributed by atoms with Crippen molar-refractivity contribution in [2.45, 2.75) is 31.8 Å². The summed E-state index contributed by atoms with van der Waals surface area (Å²) in [7, 11) is 0. The number of aromatic nitrogens is 4. The Kier molecular flexibility index (Phi) is 4.19. The summed E-state index contributed by atoms with van der Waals surface area (Å²) < 4.78 is 13.1. The number of fused-ring (bicyclic) bond motifs is 1. The third kappa shape index (κ3) is 3.30. The number of piperidine rings is 1. The highest BCUT2D eigenvalue weighted by Gasteiger charge is 2.54. The molecule has 1 saturated carbocycles. The summed E-state index contributed by atoms with van der Waals surface area (Å²) >= 11 is 0. The lowest BCUT2D eigenvalue weighted by Crippen LogP contribution is -2.42. The van der Waals surface area contributed by atoms with E-state index in [2.05, 4.69) is 30.2 Å². The zero-order valence-electron chi connectivity index (χ0n) is 15.8. The van der Waals surface area contributed by atoms with E-state index in [-0.39, 0.29) is 11.9 Å². The van der Waals surface area contributed by atoms with Crippen LogP contribution in [0.3, 0.4) is 0 Å². The molecule has 1 amide bonds. The van der Waals surface area contributed by atoms with Gasteiger partial charge in [0.1, 0.15) is 11.9 Å². The first-order valence-corrected chi connectivity index (χ1v) is 9.54. The predicted octanol–water partition coefficient (Wildman–Crippen LogP) is 2.99. The maximum absolute atomic E-state index is 13.1. The van der Waals surface area contributed by atoms with Gasteiger partial charge in [-0.1, -0.05) is 6.07 Å². The van der Waals surface area contributed by atoms with Crippen LogP contribution in [0, 0.1) is 18.7 Å². The Morgan fingerprint density at radius 1 is 1.14 bits per heavy atom. The lowest BCUT2D eigenvalue weighted by atomic mass is 10.1. The molecule has 3 aromatic rings. The third-order valence-corrected chi connectivity index (χ3v) is 5.59. The number of hydrogen-bond acceptors (Lipinski definition) is 6. The van der Waals surface area contributed by atoms with Crippen molar-refractivity contribution in [3.63, 3.8) is 0 Å². The maximum Gasteiger partial charge on any atom is 0.247 e. The molecule has 5 rings (SSSR count). The van der Waals surface area contributed by atoms with Gasteiger partial charge in [-0.05, 0) is 43.4 Å². The fourth-order valence-corrected chi connectivity index (χ4v) is 4.06. The molecule has 1 N–H and O–H groups in total. The molecule has 7 nitrogen and oxygen atoms in total. The van der Waals surface area contributed by atoms with Crippen LogP contribution < -0.4 is 10.2 Å². The second kappa shape index (κ2) is 6.88. The van der Waals surface area contributed by atoms with E-state index < -0.39 is 5.82 Å². The van der Waals surface area contributed by atoms with Crippen molar-refractivity contribution in [1.29, 1.82) is 0 Å². The highest BCUT2D eigenvalue weighted by atomic mass is 19.1. The average molecular weight is 390 g/mol. The minimum absolute atomic E-state index is 0.0716. The van der Waals surface area contributed by atoms with Crippen molar-refractivity contribution in [2.24, 2.45) is 5.92 Å². The first-order chi connectivity index (χ1) is 14.1. The number of anilines is 2. The minimum atomic E-state index is -0.486. The summed E-state index contributed by atoms with van der Waals surface area (Å²) in [6, 6.07) is 5.65. The number of hydrogen-bond donors (Lipinski definition) is 1. The van der Waals surface area contributed by atoms with Crippen LogP contribution in [-0.4, -0.2) is 37.9 Å². The van der Waals surface area contributed by atoms with Crippen LogP contribution in [0.25, 0.3) is 11.4 Å². The van der Waals surface area contributed by atoms with E-state index >= 15 is 0 Å². The summed E-state index contributed by atoms with van der Waals surface area (Å²) in [6.45, 7) is 1.92. The number of nitrogens with zero attached hydrogens (tertiary/aromatic N) is 5. The van der Waals surface area contributed by atoms with Crippen molar-refractivity contribution in [3.8, 4) is 11.4 Å². The van der Waals surface area contributed by atoms with Crippen molar-refractivity contribution < 1.29 is 9.18 Å². The van der Waals surface area contributed by atoms with Crippen LogP contribution in [0.1, 0.15) is 18.4 Å². The molecule has 1 saturated heterocycles. The Morgan fingerprint density at radius 3 is 2.72 bits per heavy atom. The summed E-state index contributed by atoms with van der Waals surface area (Å²) in [5, 5.41) is 3.02. The van der Waals surface area contributed by atoms with Crippen LogP contribution in [0.4, 0.5) is 15.9 Å². The molecule has 2 aromatic heterocycles. The average Bonchev–Trinajstić information content (AvgIpc) is 3.40. The lowest BCUT2D eigenvalue weighted by Gasteiger charge is -2.27. The molecule has 0 unspecified atom stereocenters. The Balaban J connectivity index is 1.38. The van der Waals surface area contributed by atoms with Crippen LogP contribution >= 0.6 is 0 Å². The summed E-state index contributed by atoms with van der Waals surface area (Å²) in [5.74, 6) is 1.14. The largest absolute Gasteiger partial charge is 0.340 e. The van der Waals surface area contributed by atoms with Crippen molar-refractivity contribution in [1.82, 2.24) is 19.9 Å². The predicted molar refractivity (Wildman–Crippen MR) is 106 cm³/mol. The van der Waals surface area contributed by atoms with E-state index in [1.54, 1.807) is 18.6 Å². The van der Waals surface area contributed by atoms with Gasteiger partial charge in [0.05, 0.1) is 18.6 Å². The van der Waals surface area contributed by atoms with Gasteiger partial charge in [0.25, 0.3) is 0 Å². The number of carbonyl (C=O) groups excluding carboxylic acids is 1. The number of carbonyl (C=O) groups is 1. The summed E-state index contributed by atoms with van der Waals surface area (Å²) in [5.41, 5.74) is 2.35. The smallest absolute Gasteiger partial charge is 0.247 e. The second-order valence-electron chi connectivity index (χ2n) is 7.53. The minimum Gasteiger partial charge on any atom is -0.340 e. The van der Waals surface area contributed by atoms with E-state index in [4.69, 9.17) is 0 Å². The Hall–Kier alpha value is -3.42. The molecule has 2 aliphatic rings. The van der Waals surface area contributed by atoms with Gasteiger partial charge in [0, 0.05) is 29.7 Å². The van der Waals surface area contributed by atoms with Gasteiger partial charge in [0.15, 0.2) is 11.6 Å². The van der Waals surface area contributed by atoms with Gasteiger partial charge in [0.2, 0.25) is 5.91 Å². The normalized spacial score (nSPS) is 22.3. The summed E-state index contributed by atoms with van der Waals surface area (Å²) in [6.07, 6.45) is 9.16. The van der Waals surface area contributed by atoms with Gasteiger partial charge >= 0.3 is 0 Å². The number of benzene rings is 1. The summed E-state index contributed by atoms with van der Waals surface area (Å²) in [4.78, 5) is 31.8. The van der Waals surface area contributed by atoms with Gasteiger partial charge in [-0.3, -0.25) is 9.78 Å². The second-order valence-corrected chi connectivity index (χ2v) is 7.53. The maximum atomic E-state index is 13.1. The van der Waals surface area contributed by atoms with Crippen molar-refractivity contribution in [3.05, 3.63) is 60.6 Å². The molecule has 1 aromatic carbocycles.